The molecule has 128 valence electrons. The van der Waals surface area contributed by atoms with Gasteiger partial charge in [-0.05, 0) is 43.5 Å². The maximum atomic E-state index is 12.4. The molecule has 0 aliphatic carbocycles. The van der Waals surface area contributed by atoms with Crippen molar-refractivity contribution in [3.05, 3.63) is 60.3 Å². The first-order valence-corrected chi connectivity index (χ1v) is 8.74. The summed E-state index contributed by atoms with van der Waals surface area (Å²) in [5.74, 6) is -0.114. The molecule has 1 aliphatic rings. The van der Waals surface area contributed by atoms with Crippen molar-refractivity contribution in [2.75, 3.05) is 11.9 Å². The van der Waals surface area contributed by atoms with Crippen molar-refractivity contribution in [3.63, 3.8) is 0 Å². The van der Waals surface area contributed by atoms with Crippen LogP contribution in [0.4, 0.5) is 5.69 Å². The maximum Gasteiger partial charge on any atom is 0.255 e. The zero-order valence-electron chi connectivity index (χ0n) is 14.0. The van der Waals surface area contributed by atoms with Crippen molar-refractivity contribution in [3.8, 4) is 0 Å². The van der Waals surface area contributed by atoms with E-state index in [4.69, 9.17) is 4.74 Å². The van der Waals surface area contributed by atoms with Gasteiger partial charge in [0, 0.05) is 17.6 Å². The van der Waals surface area contributed by atoms with Crippen molar-refractivity contribution in [1.29, 1.82) is 0 Å². The molecule has 25 heavy (non-hydrogen) atoms. The summed E-state index contributed by atoms with van der Waals surface area (Å²) in [5, 5.41) is 8.46. The van der Waals surface area contributed by atoms with E-state index in [2.05, 4.69) is 10.4 Å². The highest BCUT2D eigenvalue weighted by atomic mass is 16.5. The number of fused-ring (bicyclic) bond motifs is 1. The fraction of sp³-hybridized carbons (Fsp3) is 0.300. The Hall–Kier alpha value is -2.66. The van der Waals surface area contributed by atoms with Crippen LogP contribution in [-0.4, -0.2) is 28.4 Å². The number of aromatic nitrogens is 2. The second-order valence-electron chi connectivity index (χ2n) is 6.37. The van der Waals surface area contributed by atoms with E-state index in [-0.39, 0.29) is 12.0 Å². The molecule has 1 unspecified atom stereocenters. The Morgan fingerprint density at radius 2 is 2.04 bits per heavy atom. The van der Waals surface area contributed by atoms with Crippen LogP contribution in [0.3, 0.4) is 0 Å². The Bertz CT molecular complexity index is 867. The minimum absolute atomic E-state index is 0.114. The molecule has 5 nitrogen and oxygen atoms in total. The lowest BCUT2D eigenvalue weighted by molar-refractivity contribution is 0.00474. The normalized spacial score (nSPS) is 17.5. The van der Waals surface area contributed by atoms with E-state index in [9.17, 15) is 4.79 Å². The number of benzene rings is 2. The zero-order valence-corrected chi connectivity index (χ0v) is 14.0. The smallest absolute Gasteiger partial charge is 0.255 e. The number of rotatable bonds is 4. The molecule has 2 heterocycles. The maximum absolute atomic E-state index is 12.4. The molecule has 1 amide bonds. The number of amides is 1. The molecule has 4 rings (SSSR count). The zero-order chi connectivity index (χ0) is 17.1. The summed E-state index contributed by atoms with van der Waals surface area (Å²) in [5.41, 5.74) is 2.43. The molecule has 1 saturated heterocycles. The Balaban J connectivity index is 1.57. The highest BCUT2D eigenvalue weighted by molar-refractivity contribution is 6.08. The van der Waals surface area contributed by atoms with Crippen molar-refractivity contribution in [1.82, 2.24) is 9.78 Å². The van der Waals surface area contributed by atoms with Crippen LogP contribution in [0.15, 0.2) is 54.7 Å². The largest absolute Gasteiger partial charge is 0.376 e. The molecule has 1 aliphatic heterocycles. The highest BCUT2D eigenvalue weighted by Gasteiger charge is 2.17. The van der Waals surface area contributed by atoms with E-state index in [1.165, 1.54) is 6.42 Å². The van der Waals surface area contributed by atoms with Crippen molar-refractivity contribution >= 4 is 22.5 Å². The van der Waals surface area contributed by atoms with Crippen LogP contribution in [0, 0.1) is 0 Å². The van der Waals surface area contributed by atoms with E-state index in [1.54, 1.807) is 12.1 Å². The summed E-state index contributed by atoms with van der Waals surface area (Å²) in [7, 11) is 0. The molecule has 1 atom stereocenters. The standard InChI is InChI=1S/C20H21N3O2/c24-20(15-7-2-1-3-8-15)22-18-10-6-11-19-17(18)13-21-23(19)14-16-9-4-5-12-25-16/h1-3,6-8,10-11,13,16H,4-5,9,12,14H2,(H,22,24). The lowest BCUT2D eigenvalue weighted by atomic mass is 10.1. The number of hydrogen-bond acceptors (Lipinski definition) is 3. The van der Waals surface area contributed by atoms with Crippen LogP contribution in [0.2, 0.25) is 0 Å². The molecule has 0 bridgehead atoms. The molecule has 0 spiro atoms. The summed E-state index contributed by atoms with van der Waals surface area (Å²) in [6.07, 6.45) is 5.47. The average Bonchev–Trinajstić information content (AvgIpc) is 3.07. The van der Waals surface area contributed by atoms with Gasteiger partial charge < -0.3 is 10.1 Å². The van der Waals surface area contributed by atoms with Gasteiger partial charge >= 0.3 is 0 Å². The van der Waals surface area contributed by atoms with E-state index in [0.717, 1.165) is 42.6 Å². The lowest BCUT2D eigenvalue weighted by Crippen LogP contribution is -2.24. The molecule has 2 aromatic carbocycles. The van der Waals surface area contributed by atoms with Gasteiger partial charge in [-0.1, -0.05) is 24.3 Å². The topological polar surface area (TPSA) is 56.2 Å². The van der Waals surface area contributed by atoms with Crippen molar-refractivity contribution in [2.45, 2.75) is 31.9 Å². The third kappa shape index (κ3) is 3.42. The van der Waals surface area contributed by atoms with Crippen LogP contribution >= 0.6 is 0 Å². The molecule has 3 aromatic rings. The third-order valence-electron chi connectivity index (χ3n) is 4.62. The van der Waals surface area contributed by atoms with E-state index < -0.39 is 0 Å². The van der Waals surface area contributed by atoms with Crippen molar-refractivity contribution in [2.24, 2.45) is 0 Å². The monoisotopic (exact) mass is 335 g/mol. The Labute approximate surface area is 146 Å². The van der Waals surface area contributed by atoms with Crippen LogP contribution in [0.5, 0.6) is 0 Å². The van der Waals surface area contributed by atoms with Crippen LogP contribution < -0.4 is 5.32 Å². The van der Waals surface area contributed by atoms with Crippen LogP contribution in [-0.2, 0) is 11.3 Å². The highest BCUT2D eigenvalue weighted by Crippen LogP contribution is 2.25. The molecular weight excluding hydrogens is 314 g/mol. The summed E-state index contributed by atoms with van der Waals surface area (Å²) < 4.78 is 7.80. The Morgan fingerprint density at radius 3 is 2.84 bits per heavy atom. The van der Waals surface area contributed by atoms with Crippen molar-refractivity contribution < 1.29 is 9.53 Å². The van der Waals surface area contributed by atoms with Gasteiger partial charge in [-0.15, -0.1) is 0 Å². The van der Waals surface area contributed by atoms with Gasteiger partial charge in [0.15, 0.2) is 0 Å². The van der Waals surface area contributed by atoms with Gasteiger partial charge in [0.05, 0.1) is 30.0 Å². The lowest BCUT2D eigenvalue weighted by Gasteiger charge is -2.22. The average molecular weight is 335 g/mol. The van der Waals surface area contributed by atoms with E-state index in [1.807, 2.05) is 47.3 Å². The number of carbonyl (C=O) groups excluding carboxylic acids is 1. The third-order valence-corrected chi connectivity index (χ3v) is 4.62. The Morgan fingerprint density at radius 1 is 1.16 bits per heavy atom. The molecule has 5 heteroatoms. The molecule has 1 N–H and O–H groups in total. The molecule has 1 fully saturated rings. The van der Waals surface area contributed by atoms with Crippen LogP contribution in [0.25, 0.3) is 10.9 Å². The van der Waals surface area contributed by atoms with Gasteiger partial charge in [0.25, 0.3) is 5.91 Å². The summed E-state index contributed by atoms with van der Waals surface area (Å²) in [4.78, 5) is 12.4. The second kappa shape index (κ2) is 7.07. The molecule has 0 saturated carbocycles. The number of ether oxygens (including phenoxy) is 1. The number of nitrogens with zero attached hydrogens (tertiary/aromatic N) is 2. The van der Waals surface area contributed by atoms with Gasteiger partial charge in [-0.25, -0.2) is 0 Å². The quantitative estimate of drug-likeness (QED) is 0.788. The van der Waals surface area contributed by atoms with E-state index in [0.29, 0.717) is 5.56 Å². The summed E-state index contributed by atoms with van der Waals surface area (Å²) in [6.45, 7) is 1.59. The van der Waals surface area contributed by atoms with Crippen LogP contribution in [0.1, 0.15) is 29.6 Å². The summed E-state index contributed by atoms with van der Waals surface area (Å²) in [6, 6.07) is 15.1. The summed E-state index contributed by atoms with van der Waals surface area (Å²) >= 11 is 0. The van der Waals surface area contributed by atoms with Gasteiger partial charge in [0.2, 0.25) is 0 Å². The minimum atomic E-state index is -0.114. The minimum Gasteiger partial charge on any atom is -0.376 e. The number of nitrogens with one attached hydrogen (secondary N) is 1. The first kappa shape index (κ1) is 15.8. The fourth-order valence-electron chi connectivity index (χ4n) is 3.29. The molecule has 1 aromatic heterocycles. The fourth-order valence-corrected chi connectivity index (χ4v) is 3.29. The molecular formula is C20H21N3O2. The SMILES string of the molecule is O=C(Nc1cccc2c1cnn2CC1CCCCO1)c1ccccc1. The number of hydrogen-bond donors (Lipinski definition) is 1. The van der Waals surface area contributed by atoms with Gasteiger partial charge in [0.1, 0.15) is 0 Å². The second-order valence-corrected chi connectivity index (χ2v) is 6.37. The number of anilines is 1. The predicted octanol–water partition coefficient (Wildman–Crippen LogP) is 3.86. The first-order chi connectivity index (χ1) is 12.3. The first-order valence-electron chi connectivity index (χ1n) is 8.74. The van der Waals surface area contributed by atoms with Gasteiger partial charge in [-0.2, -0.15) is 5.10 Å². The Kier molecular flexibility index (Phi) is 4.48. The molecule has 0 radical (unpaired) electrons. The number of carbonyl (C=O) groups is 1. The van der Waals surface area contributed by atoms with Gasteiger partial charge in [-0.3, -0.25) is 9.48 Å². The predicted molar refractivity (Wildman–Crippen MR) is 97.7 cm³/mol. The van der Waals surface area contributed by atoms with E-state index >= 15 is 0 Å².